The van der Waals surface area contributed by atoms with Crippen molar-refractivity contribution in [3.8, 4) is 17.0 Å². The molecule has 1 aromatic carbocycles. The van der Waals surface area contributed by atoms with E-state index in [0.29, 0.717) is 23.1 Å². The van der Waals surface area contributed by atoms with Crippen molar-refractivity contribution in [2.24, 2.45) is 0 Å². The van der Waals surface area contributed by atoms with Crippen LogP contribution in [0, 0.1) is 0 Å². The number of halogens is 4. The third kappa shape index (κ3) is 4.47. The number of ether oxygens (including phenoxy) is 1. The summed E-state index contributed by atoms with van der Waals surface area (Å²) >= 11 is 0. The molecule has 13 heteroatoms. The summed E-state index contributed by atoms with van der Waals surface area (Å²) < 4.78 is 62.8. The predicted molar refractivity (Wildman–Crippen MR) is 121 cm³/mol. The number of hydrogen-bond acceptors (Lipinski definition) is 7. The zero-order valence-corrected chi connectivity index (χ0v) is 19.1. The molecule has 3 aromatic heterocycles. The third-order valence-electron chi connectivity index (χ3n) is 6.15. The van der Waals surface area contributed by atoms with Crippen molar-refractivity contribution in [2.45, 2.75) is 37.8 Å². The molecule has 1 atom stereocenters. The van der Waals surface area contributed by atoms with Gasteiger partial charge in [-0.25, -0.2) is 26.8 Å². The molecule has 0 unspecified atom stereocenters. The molecule has 0 amide bonds. The highest BCUT2D eigenvalue weighted by molar-refractivity contribution is 5.89. The highest BCUT2D eigenvalue weighted by Gasteiger charge is 2.44. The molecule has 1 aliphatic heterocycles. The van der Waals surface area contributed by atoms with Crippen LogP contribution >= 0.6 is 0 Å². The summed E-state index contributed by atoms with van der Waals surface area (Å²) in [4.78, 5) is 5.94. The molecule has 0 bridgehead atoms. The summed E-state index contributed by atoms with van der Waals surface area (Å²) in [5.74, 6) is -2.68. The summed E-state index contributed by atoms with van der Waals surface area (Å²) in [6.45, 7) is 0.228. The number of aromatic nitrogens is 6. The van der Waals surface area contributed by atoms with E-state index in [4.69, 9.17) is 4.74 Å². The largest absolute Gasteiger partial charge is 0.479 e. The second-order valence-electron chi connectivity index (χ2n) is 8.65. The van der Waals surface area contributed by atoms with Gasteiger partial charge in [0.2, 0.25) is 18.3 Å². The van der Waals surface area contributed by atoms with E-state index in [-0.39, 0.29) is 37.8 Å². The van der Waals surface area contributed by atoms with Crippen molar-refractivity contribution in [1.82, 2.24) is 34.5 Å². The minimum atomic E-state index is -2.93. The van der Waals surface area contributed by atoms with E-state index in [1.807, 2.05) is 6.07 Å². The van der Waals surface area contributed by atoms with Crippen LogP contribution in [0.15, 0.2) is 30.5 Å². The smallest absolute Gasteiger partial charge is 0.280 e. The van der Waals surface area contributed by atoms with Gasteiger partial charge in [-0.3, -0.25) is 0 Å². The summed E-state index contributed by atoms with van der Waals surface area (Å²) in [7, 11) is 3.11. The molecular weight excluding hydrogens is 468 g/mol. The number of nitrogens with one attached hydrogen (secondary N) is 1. The lowest BCUT2D eigenvalue weighted by atomic mass is 10.0. The molecule has 1 fully saturated rings. The molecule has 9 nitrogen and oxygen atoms in total. The number of aryl methyl sites for hydroxylation is 1. The first-order valence-electron chi connectivity index (χ1n) is 11.1. The number of methoxy groups -OCH3 is 1. The number of anilines is 1. The van der Waals surface area contributed by atoms with Crippen LogP contribution in [0.4, 0.5) is 23.5 Å². The quantitative estimate of drug-likeness (QED) is 0.395. The Kier molecular flexibility index (Phi) is 5.95. The van der Waals surface area contributed by atoms with Crippen LogP contribution in [0.2, 0.25) is 0 Å². The van der Waals surface area contributed by atoms with Crippen LogP contribution in [0.3, 0.4) is 0 Å². The van der Waals surface area contributed by atoms with Crippen molar-refractivity contribution in [2.75, 3.05) is 32.6 Å². The Bertz CT molecular complexity index is 1350. The first kappa shape index (κ1) is 23.3. The van der Waals surface area contributed by atoms with Gasteiger partial charge in [0.25, 0.3) is 5.92 Å². The fraction of sp³-hybridized carbons (Fsp3) is 0.455. The second-order valence-corrected chi connectivity index (χ2v) is 8.65. The van der Waals surface area contributed by atoms with Crippen LogP contribution in [-0.2, 0) is 6.54 Å². The van der Waals surface area contributed by atoms with E-state index >= 15 is 0 Å². The highest BCUT2D eigenvalue weighted by atomic mass is 19.3. The van der Waals surface area contributed by atoms with Crippen molar-refractivity contribution >= 4 is 22.5 Å². The van der Waals surface area contributed by atoms with Crippen molar-refractivity contribution in [3.63, 3.8) is 0 Å². The number of hydrogen-bond donors (Lipinski definition) is 1. The van der Waals surface area contributed by atoms with Crippen LogP contribution in [0.25, 0.3) is 27.7 Å². The minimum Gasteiger partial charge on any atom is -0.479 e. The number of benzene rings is 1. The van der Waals surface area contributed by atoms with Gasteiger partial charge in [-0.1, -0.05) is 11.3 Å². The molecule has 1 aliphatic rings. The van der Waals surface area contributed by atoms with E-state index < -0.39 is 18.4 Å². The molecule has 4 heterocycles. The highest BCUT2D eigenvalue weighted by Crippen LogP contribution is 2.34. The summed E-state index contributed by atoms with van der Waals surface area (Å²) in [6, 6.07) is 6.09. The van der Waals surface area contributed by atoms with E-state index in [0.717, 1.165) is 11.1 Å². The van der Waals surface area contributed by atoms with Gasteiger partial charge in [0, 0.05) is 31.3 Å². The maximum absolute atomic E-state index is 14.5. The monoisotopic (exact) mass is 492 g/mol. The fourth-order valence-electron chi connectivity index (χ4n) is 4.39. The lowest BCUT2D eigenvalue weighted by Gasteiger charge is -2.36. The molecule has 0 radical (unpaired) electrons. The Morgan fingerprint density at radius 2 is 2.09 bits per heavy atom. The van der Waals surface area contributed by atoms with Gasteiger partial charge in [-0.05, 0) is 37.2 Å². The van der Waals surface area contributed by atoms with Gasteiger partial charge in [0.1, 0.15) is 11.0 Å². The number of piperidine rings is 1. The Balaban J connectivity index is 1.49. The standard InChI is InChI=1S/C22H24F4N8O/c1-32-8-6-17(22(25,26)12-32)27-21-28-20(35-2)19-14(5-9-34(19)30-21)13-3-4-15-16(11-13)33(31-29-15)10-7-18(23)24/h3-5,9,11,17-18H,6-8,10,12H2,1-2H3,(H,27,30)/t17-/m1/s1. The van der Waals surface area contributed by atoms with Gasteiger partial charge in [-0.15, -0.1) is 10.2 Å². The summed E-state index contributed by atoms with van der Waals surface area (Å²) in [5.41, 5.74) is 3.22. The number of rotatable bonds is 7. The number of fused-ring (bicyclic) bond motifs is 2. The Labute approximate surface area is 197 Å². The second kappa shape index (κ2) is 8.95. The average Bonchev–Trinajstić information content (AvgIpc) is 3.42. The molecular formula is C22H24F4N8O. The average molecular weight is 492 g/mol. The van der Waals surface area contributed by atoms with Gasteiger partial charge >= 0.3 is 0 Å². The van der Waals surface area contributed by atoms with Crippen molar-refractivity contribution in [1.29, 1.82) is 0 Å². The molecule has 1 N–H and O–H groups in total. The van der Waals surface area contributed by atoms with Crippen LogP contribution in [0.1, 0.15) is 12.8 Å². The number of alkyl halides is 4. The normalized spacial score (nSPS) is 18.5. The topological polar surface area (TPSA) is 85.4 Å². The molecule has 0 saturated carbocycles. The van der Waals surface area contributed by atoms with E-state index in [9.17, 15) is 17.6 Å². The Morgan fingerprint density at radius 3 is 2.83 bits per heavy atom. The molecule has 5 rings (SSSR count). The van der Waals surface area contributed by atoms with Gasteiger partial charge in [0.05, 0.1) is 25.2 Å². The van der Waals surface area contributed by atoms with Crippen molar-refractivity contribution in [3.05, 3.63) is 30.5 Å². The zero-order valence-electron chi connectivity index (χ0n) is 19.1. The molecule has 1 saturated heterocycles. The van der Waals surface area contributed by atoms with Gasteiger partial charge < -0.3 is 15.0 Å². The Hall–Kier alpha value is -3.48. The summed E-state index contributed by atoms with van der Waals surface area (Å²) in [5, 5.41) is 15.2. The maximum atomic E-state index is 14.5. The van der Waals surface area contributed by atoms with E-state index in [2.05, 4.69) is 25.7 Å². The molecule has 0 aliphatic carbocycles. The van der Waals surface area contributed by atoms with Crippen molar-refractivity contribution < 1.29 is 22.3 Å². The summed E-state index contributed by atoms with van der Waals surface area (Å²) in [6.07, 6.45) is -0.835. The zero-order chi connectivity index (χ0) is 24.7. The van der Waals surface area contributed by atoms with Crippen LogP contribution in [-0.4, -0.2) is 80.1 Å². The lowest BCUT2D eigenvalue weighted by molar-refractivity contribution is -0.0675. The SMILES string of the molecule is COc1nc(N[C@@H]2CCN(C)CC2(F)F)nn2ccc(-c3ccc4nnn(CCC(F)F)c4c3)c12. The molecule has 35 heavy (non-hydrogen) atoms. The molecule has 186 valence electrons. The minimum absolute atomic E-state index is 0.0375. The molecule has 4 aromatic rings. The predicted octanol–water partition coefficient (Wildman–Crippen LogP) is 3.56. The first-order valence-corrected chi connectivity index (χ1v) is 11.1. The number of nitrogens with zero attached hydrogens (tertiary/aromatic N) is 7. The van der Waals surface area contributed by atoms with E-state index in [1.165, 1.54) is 16.3 Å². The van der Waals surface area contributed by atoms with Gasteiger partial charge in [0.15, 0.2) is 0 Å². The Morgan fingerprint density at radius 1 is 1.26 bits per heavy atom. The van der Waals surface area contributed by atoms with E-state index in [1.54, 1.807) is 36.3 Å². The molecule has 0 spiro atoms. The van der Waals surface area contributed by atoms with Crippen LogP contribution in [0.5, 0.6) is 5.88 Å². The lowest BCUT2D eigenvalue weighted by Crippen LogP contribution is -2.53. The fourth-order valence-corrected chi connectivity index (χ4v) is 4.39. The van der Waals surface area contributed by atoms with Crippen LogP contribution < -0.4 is 10.1 Å². The maximum Gasteiger partial charge on any atom is 0.280 e. The van der Waals surface area contributed by atoms with Gasteiger partial charge in [-0.2, -0.15) is 4.98 Å². The first-order chi connectivity index (χ1) is 16.7. The third-order valence-corrected chi connectivity index (χ3v) is 6.15. The number of likely N-dealkylation sites (tertiary alicyclic amines) is 1.